The van der Waals surface area contributed by atoms with Crippen LogP contribution in [0.5, 0.6) is 0 Å². The van der Waals surface area contributed by atoms with E-state index in [1.165, 1.54) is 36.1 Å². The van der Waals surface area contributed by atoms with Gasteiger partial charge in [0.15, 0.2) is 0 Å². The van der Waals surface area contributed by atoms with Gasteiger partial charge in [0.05, 0.1) is 15.9 Å². The number of carbonyl (C=O) groups excluding carboxylic acids is 2. The molecule has 0 N–H and O–H groups in total. The lowest BCUT2D eigenvalue weighted by atomic mass is 9.70. The molecule has 4 aromatic rings. The highest BCUT2D eigenvalue weighted by Crippen LogP contribution is 2.45. The summed E-state index contributed by atoms with van der Waals surface area (Å²) in [7, 11) is -4.34. The summed E-state index contributed by atoms with van der Waals surface area (Å²) in [6, 6.07) is 27.6. The molecule has 0 aliphatic carbocycles. The Bertz CT molecular complexity index is 1890. The van der Waals surface area contributed by atoms with Gasteiger partial charge in [0, 0.05) is 37.6 Å². The average molecular weight is 682 g/mol. The number of rotatable bonds is 9. The number of aryl methyl sites for hydroxylation is 1. The first kappa shape index (κ1) is 33.5. The van der Waals surface area contributed by atoms with Gasteiger partial charge >= 0.3 is 6.03 Å². The van der Waals surface area contributed by atoms with Crippen LogP contribution in [0.4, 0.5) is 4.79 Å². The van der Waals surface area contributed by atoms with E-state index in [0.29, 0.717) is 54.8 Å². The first-order chi connectivity index (χ1) is 23.7. The molecule has 7 rings (SSSR count). The highest BCUT2D eigenvalue weighted by Gasteiger charge is 2.45. The van der Waals surface area contributed by atoms with Gasteiger partial charge in [-0.25, -0.2) is 18.2 Å². The van der Waals surface area contributed by atoms with E-state index < -0.39 is 22.0 Å². The standard InChI is InChI=1S/C39H47N5O4S/c1-3-12-37(45)44(49(47,48)34-15-8-5-9-16-34)38(46)41-24-21-39(22-25-41,30-13-6-4-7-14-30)23-26-42-31-19-20-32(42)28-33(27-31)43-29(2)40-35-17-10-11-18-36(35)43/h4-11,13-18,31-33H,3,12,19-28H2,1-2H3. The normalized spacial score (nSPS) is 22.3. The number of urea groups is 1. The number of amides is 3. The number of para-hydroxylation sites is 2. The molecule has 10 heteroatoms. The predicted octanol–water partition coefficient (Wildman–Crippen LogP) is 7.07. The number of likely N-dealkylation sites (tertiary alicyclic amines) is 1. The van der Waals surface area contributed by atoms with Gasteiger partial charge in [-0.05, 0) is 100 Å². The molecular formula is C39H47N5O4S. The van der Waals surface area contributed by atoms with Crippen molar-refractivity contribution in [2.75, 3.05) is 19.6 Å². The third-order valence-corrected chi connectivity index (χ3v) is 13.1. The number of aromatic nitrogens is 2. The Labute approximate surface area is 290 Å². The number of imide groups is 1. The molecule has 258 valence electrons. The lowest BCUT2D eigenvalue weighted by molar-refractivity contribution is -0.125. The highest BCUT2D eigenvalue weighted by atomic mass is 32.2. The quantitative estimate of drug-likeness (QED) is 0.188. The molecule has 3 aliphatic rings. The summed E-state index contributed by atoms with van der Waals surface area (Å²) in [5.41, 5.74) is 3.41. The van der Waals surface area contributed by atoms with Gasteiger partial charge in [-0.2, -0.15) is 4.31 Å². The highest BCUT2D eigenvalue weighted by molar-refractivity contribution is 7.90. The van der Waals surface area contributed by atoms with Crippen molar-refractivity contribution in [3.63, 3.8) is 0 Å². The van der Waals surface area contributed by atoms with Crippen LogP contribution in [-0.4, -0.2) is 75.7 Å². The largest absolute Gasteiger partial charge is 0.341 e. The SMILES string of the molecule is CCCC(=O)N(C(=O)N1CCC(CCN2C3CCC2CC(n2c(C)nc4ccccc42)C3)(c2ccccc2)CC1)S(=O)(=O)c1ccccc1. The maximum absolute atomic E-state index is 14.0. The Hall–Kier alpha value is -4.02. The number of carbonyl (C=O) groups is 2. The molecule has 2 unspecified atom stereocenters. The summed E-state index contributed by atoms with van der Waals surface area (Å²) >= 11 is 0. The van der Waals surface area contributed by atoms with Crippen LogP contribution in [0, 0.1) is 6.92 Å². The number of benzene rings is 3. The summed E-state index contributed by atoms with van der Waals surface area (Å²) in [5, 5.41) is 0. The van der Waals surface area contributed by atoms with Gasteiger partial charge in [0.2, 0.25) is 5.91 Å². The summed E-state index contributed by atoms with van der Waals surface area (Å²) in [4.78, 5) is 36.3. The molecule has 0 spiro atoms. The Morgan fingerprint density at radius 2 is 1.47 bits per heavy atom. The lowest BCUT2D eigenvalue weighted by Crippen LogP contribution is -2.54. The molecule has 3 saturated heterocycles. The van der Waals surface area contributed by atoms with E-state index in [4.69, 9.17) is 4.98 Å². The van der Waals surface area contributed by atoms with E-state index in [0.717, 1.165) is 37.1 Å². The zero-order valence-corrected chi connectivity index (χ0v) is 29.4. The smallest absolute Gasteiger partial charge is 0.325 e. The molecule has 3 aromatic carbocycles. The van der Waals surface area contributed by atoms with Crippen molar-refractivity contribution in [3.05, 3.63) is 96.3 Å². The minimum absolute atomic E-state index is 0.0186. The van der Waals surface area contributed by atoms with E-state index in [9.17, 15) is 18.0 Å². The van der Waals surface area contributed by atoms with Crippen molar-refractivity contribution in [3.8, 4) is 0 Å². The van der Waals surface area contributed by atoms with Crippen molar-refractivity contribution in [1.29, 1.82) is 0 Å². The van der Waals surface area contributed by atoms with Crippen LogP contribution in [0.2, 0.25) is 0 Å². The molecule has 1 aromatic heterocycles. The van der Waals surface area contributed by atoms with E-state index >= 15 is 0 Å². The Balaban J connectivity index is 1.07. The minimum atomic E-state index is -4.34. The summed E-state index contributed by atoms with van der Waals surface area (Å²) in [6.07, 6.45) is 7.47. The van der Waals surface area contributed by atoms with Gasteiger partial charge in [0.1, 0.15) is 5.82 Å². The van der Waals surface area contributed by atoms with Crippen LogP contribution < -0.4 is 0 Å². The molecule has 4 heterocycles. The fraction of sp³-hybridized carbons (Fsp3) is 0.462. The van der Waals surface area contributed by atoms with E-state index in [2.05, 4.69) is 64.9 Å². The van der Waals surface area contributed by atoms with Gasteiger partial charge in [-0.15, -0.1) is 0 Å². The molecule has 3 aliphatic heterocycles. The summed E-state index contributed by atoms with van der Waals surface area (Å²) in [6.45, 7) is 5.69. The minimum Gasteiger partial charge on any atom is -0.325 e. The van der Waals surface area contributed by atoms with Crippen LogP contribution in [0.25, 0.3) is 11.0 Å². The summed E-state index contributed by atoms with van der Waals surface area (Å²) in [5.74, 6) is 0.406. The van der Waals surface area contributed by atoms with E-state index in [1.807, 2.05) is 6.07 Å². The number of nitrogens with zero attached hydrogens (tertiary/aromatic N) is 5. The molecule has 3 amide bonds. The van der Waals surface area contributed by atoms with Gasteiger partial charge in [-0.3, -0.25) is 9.69 Å². The van der Waals surface area contributed by atoms with Crippen LogP contribution in [-0.2, 0) is 20.2 Å². The van der Waals surface area contributed by atoms with Crippen molar-refractivity contribution in [1.82, 2.24) is 23.7 Å². The van der Waals surface area contributed by atoms with Crippen LogP contribution >= 0.6 is 0 Å². The average Bonchev–Trinajstić information content (AvgIpc) is 3.58. The monoisotopic (exact) mass is 681 g/mol. The third kappa shape index (κ3) is 6.29. The number of hydrogen-bond acceptors (Lipinski definition) is 6. The Kier molecular flexibility index (Phi) is 9.37. The Morgan fingerprint density at radius 3 is 2.12 bits per heavy atom. The van der Waals surface area contributed by atoms with Gasteiger partial charge in [0.25, 0.3) is 10.0 Å². The summed E-state index contributed by atoms with van der Waals surface area (Å²) < 4.78 is 30.3. The van der Waals surface area contributed by atoms with Crippen molar-refractivity contribution < 1.29 is 18.0 Å². The van der Waals surface area contributed by atoms with Gasteiger partial charge < -0.3 is 9.47 Å². The maximum Gasteiger partial charge on any atom is 0.341 e. The fourth-order valence-corrected chi connectivity index (χ4v) is 10.3. The van der Waals surface area contributed by atoms with Crippen LogP contribution in [0.1, 0.15) is 82.1 Å². The topological polar surface area (TPSA) is 95.8 Å². The first-order valence-electron chi connectivity index (χ1n) is 17.9. The second-order valence-electron chi connectivity index (χ2n) is 14.2. The zero-order valence-electron chi connectivity index (χ0n) is 28.6. The molecule has 0 saturated carbocycles. The zero-order chi connectivity index (χ0) is 34.2. The van der Waals surface area contributed by atoms with Crippen LogP contribution in [0.3, 0.4) is 0 Å². The molecule has 0 radical (unpaired) electrons. The lowest BCUT2D eigenvalue weighted by Gasteiger charge is -2.46. The van der Waals surface area contributed by atoms with Crippen LogP contribution in [0.15, 0.2) is 89.8 Å². The molecule has 2 bridgehead atoms. The number of imidazole rings is 1. The number of sulfonamides is 1. The molecule has 3 fully saturated rings. The predicted molar refractivity (Wildman–Crippen MR) is 191 cm³/mol. The fourth-order valence-electron chi connectivity index (χ4n) is 8.88. The molecule has 49 heavy (non-hydrogen) atoms. The maximum atomic E-state index is 14.0. The molecule has 9 nitrogen and oxygen atoms in total. The number of hydrogen-bond donors (Lipinski definition) is 0. The number of fused-ring (bicyclic) bond motifs is 3. The second-order valence-corrected chi connectivity index (χ2v) is 15.9. The van der Waals surface area contributed by atoms with Crippen molar-refractivity contribution in [2.45, 2.75) is 100 Å². The van der Waals surface area contributed by atoms with E-state index in [-0.39, 0.29) is 16.7 Å². The van der Waals surface area contributed by atoms with Crippen molar-refractivity contribution in [2.24, 2.45) is 0 Å². The molecule has 2 atom stereocenters. The van der Waals surface area contributed by atoms with Gasteiger partial charge in [-0.1, -0.05) is 67.6 Å². The second kappa shape index (κ2) is 13.7. The number of piperidine rings is 2. The third-order valence-electron chi connectivity index (χ3n) is 11.4. The Morgan fingerprint density at radius 1 is 0.857 bits per heavy atom. The molecular weight excluding hydrogens is 635 g/mol. The first-order valence-corrected chi connectivity index (χ1v) is 19.3. The van der Waals surface area contributed by atoms with Crippen molar-refractivity contribution >= 4 is 33.0 Å². The van der Waals surface area contributed by atoms with E-state index in [1.54, 1.807) is 30.0 Å².